The fraction of sp³-hybridized carbons (Fsp3) is 0.875. The zero-order valence-corrected chi connectivity index (χ0v) is 8.33. The topological polar surface area (TPSA) is 69.7 Å². The number of rotatable bonds is 4. The van der Waals surface area contributed by atoms with Gasteiger partial charge in [0, 0.05) is 13.1 Å². The van der Waals surface area contributed by atoms with Crippen LogP contribution in [0.4, 0.5) is 0 Å². The summed E-state index contributed by atoms with van der Waals surface area (Å²) in [6.45, 7) is 1.95. The second-order valence-electron chi connectivity index (χ2n) is 3.46. The molecule has 76 valence electrons. The van der Waals surface area contributed by atoms with Gasteiger partial charge in [0.1, 0.15) is 0 Å². The minimum Gasteiger partial charge on any atom is -0.393 e. The second-order valence-corrected chi connectivity index (χ2v) is 3.99. The molecule has 1 saturated heterocycles. The van der Waals surface area contributed by atoms with E-state index in [1.165, 1.54) is 0 Å². The Morgan fingerprint density at radius 1 is 1.38 bits per heavy atom. The van der Waals surface area contributed by atoms with Crippen molar-refractivity contribution in [1.82, 2.24) is 4.90 Å². The van der Waals surface area contributed by atoms with Crippen LogP contribution in [0.25, 0.3) is 0 Å². The molecule has 0 bridgehead atoms. The van der Waals surface area contributed by atoms with Crippen LogP contribution in [0.1, 0.15) is 12.8 Å². The van der Waals surface area contributed by atoms with Crippen LogP contribution in [0.5, 0.6) is 0 Å². The normalized spacial score (nSPS) is 29.4. The quantitative estimate of drug-likeness (QED) is 0.517. The molecular formula is C8H16N2O2S. The highest BCUT2D eigenvalue weighted by molar-refractivity contribution is 7.80. The average Bonchev–Trinajstić information content (AvgIpc) is 2.30. The molecule has 5 heteroatoms. The molecule has 0 aromatic heterocycles. The fourth-order valence-electron chi connectivity index (χ4n) is 1.51. The van der Waals surface area contributed by atoms with Crippen molar-refractivity contribution < 1.29 is 10.2 Å². The summed E-state index contributed by atoms with van der Waals surface area (Å²) in [4.78, 5) is 2.55. The summed E-state index contributed by atoms with van der Waals surface area (Å²) in [7, 11) is 0. The molecule has 1 aliphatic rings. The minimum atomic E-state index is -0.593. The van der Waals surface area contributed by atoms with Gasteiger partial charge in [0.05, 0.1) is 17.2 Å². The Labute approximate surface area is 83.3 Å². The summed E-state index contributed by atoms with van der Waals surface area (Å²) >= 11 is 4.74. The van der Waals surface area contributed by atoms with Gasteiger partial charge in [-0.3, -0.25) is 4.90 Å². The van der Waals surface area contributed by atoms with Gasteiger partial charge in [-0.1, -0.05) is 12.2 Å². The Balaban J connectivity index is 2.13. The summed E-state index contributed by atoms with van der Waals surface area (Å²) in [5.74, 6) is 0. The van der Waals surface area contributed by atoms with E-state index in [4.69, 9.17) is 18.0 Å². The largest absolute Gasteiger partial charge is 0.393 e. The lowest BCUT2D eigenvalue weighted by Crippen LogP contribution is -2.24. The summed E-state index contributed by atoms with van der Waals surface area (Å²) in [6.07, 6.45) is 0.446. The molecule has 1 rings (SSSR count). The van der Waals surface area contributed by atoms with Crippen molar-refractivity contribution in [2.24, 2.45) is 5.73 Å². The van der Waals surface area contributed by atoms with E-state index < -0.39 is 12.2 Å². The monoisotopic (exact) mass is 204 g/mol. The predicted octanol–water partition coefficient (Wildman–Crippen LogP) is -0.910. The van der Waals surface area contributed by atoms with E-state index in [0.717, 1.165) is 19.4 Å². The second kappa shape index (κ2) is 4.85. The zero-order chi connectivity index (χ0) is 9.84. The molecular weight excluding hydrogens is 188 g/mol. The van der Waals surface area contributed by atoms with Crippen molar-refractivity contribution in [2.75, 3.05) is 19.6 Å². The molecule has 0 radical (unpaired) electrons. The van der Waals surface area contributed by atoms with Gasteiger partial charge in [0.2, 0.25) is 0 Å². The number of hydrogen-bond acceptors (Lipinski definition) is 4. The van der Waals surface area contributed by atoms with E-state index in [1.807, 2.05) is 4.90 Å². The lowest BCUT2D eigenvalue weighted by Gasteiger charge is -2.13. The van der Waals surface area contributed by atoms with Gasteiger partial charge in [-0.05, 0) is 19.4 Å². The fourth-order valence-corrected chi connectivity index (χ4v) is 1.65. The van der Waals surface area contributed by atoms with E-state index in [9.17, 15) is 10.2 Å². The van der Waals surface area contributed by atoms with Crippen LogP contribution in [-0.4, -0.2) is 51.9 Å². The summed E-state index contributed by atoms with van der Waals surface area (Å²) < 4.78 is 0. The van der Waals surface area contributed by atoms with E-state index in [1.54, 1.807) is 0 Å². The van der Waals surface area contributed by atoms with Crippen molar-refractivity contribution in [2.45, 2.75) is 25.0 Å². The lowest BCUT2D eigenvalue weighted by atomic mass is 10.3. The highest BCUT2D eigenvalue weighted by atomic mass is 32.1. The van der Waals surface area contributed by atoms with E-state index in [2.05, 4.69) is 0 Å². The Hall–Kier alpha value is -0.230. The first-order chi connectivity index (χ1) is 6.09. The first-order valence-electron chi connectivity index (χ1n) is 4.46. The number of nitrogens with zero attached hydrogens (tertiary/aromatic N) is 1. The Morgan fingerprint density at radius 3 is 2.38 bits per heavy atom. The molecule has 1 aliphatic heterocycles. The van der Waals surface area contributed by atoms with Crippen molar-refractivity contribution in [1.29, 1.82) is 0 Å². The first kappa shape index (κ1) is 10.8. The van der Waals surface area contributed by atoms with Gasteiger partial charge in [-0.15, -0.1) is 0 Å². The third-order valence-corrected chi connectivity index (χ3v) is 2.44. The van der Waals surface area contributed by atoms with Gasteiger partial charge in [-0.2, -0.15) is 0 Å². The van der Waals surface area contributed by atoms with Crippen LogP contribution >= 0.6 is 12.2 Å². The molecule has 0 saturated carbocycles. The maximum absolute atomic E-state index is 9.23. The van der Waals surface area contributed by atoms with Crippen LogP contribution < -0.4 is 5.73 Å². The predicted molar refractivity (Wildman–Crippen MR) is 54.5 cm³/mol. The molecule has 0 spiro atoms. The molecule has 2 unspecified atom stereocenters. The highest BCUT2D eigenvalue weighted by Gasteiger charge is 2.28. The average molecular weight is 204 g/mol. The van der Waals surface area contributed by atoms with Crippen molar-refractivity contribution in [3.63, 3.8) is 0 Å². The number of aliphatic hydroxyl groups is 2. The van der Waals surface area contributed by atoms with Gasteiger partial charge in [0.25, 0.3) is 0 Å². The maximum Gasteiger partial charge on any atom is 0.0938 e. The van der Waals surface area contributed by atoms with E-state index in [-0.39, 0.29) is 0 Å². The molecule has 13 heavy (non-hydrogen) atoms. The summed E-state index contributed by atoms with van der Waals surface area (Å²) in [6, 6.07) is 0. The van der Waals surface area contributed by atoms with Crippen LogP contribution in [0.2, 0.25) is 0 Å². The van der Waals surface area contributed by atoms with Crippen molar-refractivity contribution in [3.8, 4) is 0 Å². The Kier molecular flexibility index (Phi) is 4.05. The number of β-amino-alcohol motifs (C(OH)–C–C–N with tert-alkyl or cyclic N) is 2. The van der Waals surface area contributed by atoms with Crippen molar-refractivity contribution >= 4 is 17.2 Å². The van der Waals surface area contributed by atoms with Crippen LogP contribution in [-0.2, 0) is 0 Å². The number of likely N-dealkylation sites (tertiary alicyclic amines) is 1. The molecule has 4 N–H and O–H groups in total. The zero-order valence-electron chi connectivity index (χ0n) is 7.52. The van der Waals surface area contributed by atoms with Gasteiger partial charge < -0.3 is 15.9 Å². The van der Waals surface area contributed by atoms with Gasteiger partial charge in [0.15, 0.2) is 0 Å². The number of aliphatic hydroxyl groups excluding tert-OH is 2. The molecule has 4 nitrogen and oxygen atoms in total. The molecule has 0 aromatic carbocycles. The number of hydrogen-bond donors (Lipinski definition) is 3. The van der Waals surface area contributed by atoms with Crippen LogP contribution in [0.3, 0.4) is 0 Å². The third kappa shape index (κ3) is 3.56. The highest BCUT2D eigenvalue weighted by Crippen LogP contribution is 2.10. The SMILES string of the molecule is NC(=S)CCCN1CC(O)C(O)C1. The standard InChI is InChI=1S/C8H16N2O2S/c9-8(13)2-1-3-10-4-6(11)7(12)5-10/h6-7,11-12H,1-5H2,(H2,9,13). The molecule has 1 fully saturated rings. The van der Waals surface area contributed by atoms with Crippen LogP contribution in [0, 0.1) is 0 Å². The first-order valence-corrected chi connectivity index (χ1v) is 4.87. The number of nitrogens with two attached hydrogens (primary N) is 1. The van der Waals surface area contributed by atoms with Gasteiger partial charge >= 0.3 is 0 Å². The molecule has 0 aliphatic carbocycles. The molecule has 2 atom stereocenters. The maximum atomic E-state index is 9.23. The molecule has 1 heterocycles. The minimum absolute atomic E-state index is 0.528. The Bertz CT molecular complexity index is 179. The van der Waals surface area contributed by atoms with E-state index in [0.29, 0.717) is 18.1 Å². The summed E-state index contributed by atoms with van der Waals surface area (Å²) in [5.41, 5.74) is 5.35. The Morgan fingerprint density at radius 2 is 1.92 bits per heavy atom. The third-order valence-electron chi connectivity index (χ3n) is 2.23. The lowest BCUT2D eigenvalue weighted by molar-refractivity contribution is 0.0572. The summed E-state index contributed by atoms with van der Waals surface area (Å²) in [5, 5.41) is 18.5. The van der Waals surface area contributed by atoms with E-state index >= 15 is 0 Å². The van der Waals surface area contributed by atoms with Crippen LogP contribution in [0.15, 0.2) is 0 Å². The smallest absolute Gasteiger partial charge is 0.0938 e. The van der Waals surface area contributed by atoms with Crippen molar-refractivity contribution in [3.05, 3.63) is 0 Å². The molecule has 0 amide bonds. The molecule has 0 aromatic rings. The number of thiocarbonyl (C=S) groups is 1. The van der Waals surface area contributed by atoms with Gasteiger partial charge in [-0.25, -0.2) is 0 Å².